The van der Waals surface area contributed by atoms with Crippen molar-refractivity contribution in [2.75, 3.05) is 6.79 Å². The first-order chi connectivity index (χ1) is 13.5. The van der Waals surface area contributed by atoms with Crippen molar-refractivity contribution in [3.63, 3.8) is 0 Å². The summed E-state index contributed by atoms with van der Waals surface area (Å²) in [5.74, 6) is 5.31. The van der Waals surface area contributed by atoms with E-state index in [0.717, 1.165) is 28.9 Å². The summed E-state index contributed by atoms with van der Waals surface area (Å²) < 4.78 is 11.3. The number of hydrazine groups is 1. The van der Waals surface area contributed by atoms with E-state index in [1.165, 1.54) is 32.1 Å². The molecule has 5 heteroatoms. The molecule has 2 heterocycles. The second kappa shape index (κ2) is 4.86. The van der Waals surface area contributed by atoms with Gasteiger partial charge in [0.15, 0.2) is 11.5 Å². The number of carbonyl (C=O) groups is 1. The van der Waals surface area contributed by atoms with Gasteiger partial charge in [-0.2, -0.15) is 5.01 Å². The van der Waals surface area contributed by atoms with Crippen molar-refractivity contribution in [1.82, 2.24) is 10.0 Å². The smallest absolute Gasteiger partial charge is 0.258 e. The molecule has 5 fully saturated rings. The fraction of sp³-hybridized carbons (Fsp3) is 0.696. The zero-order chi connectivity index (χ0) is 18.8. The van der Waals surface area contributed by atoms with Gasteiger partial charge in [-0.1, -0.05) is 12.1 Å². The lowest BCUT2D eigenvalue weighted by atomic mass is 9.56. The number of hydrogen-bond donors (Lipinski definition) is 0. The van der Waals surface area contributed by atoms with Crippen molar-refractivity contribution in [2.45, 2.75) is 64.1 Å². The summed E-state index contributed by atoms with van der Waals surface area (Å²) in [6, 6.07) is 6.51. The summed E-state index contributed by atoms with van der Waals surface area (Å²) in [6.07, 6.45) is 6.93. The Kier molecular flexibility index (Phi) is 2.80. The van der Waals surface area contributed by atoms with Crippen LogP contribution in [0.4, 0.5) is 0 Å². The number of amides is 1. The van der Waals surface area contributed by atoms with E-state index in [1.54, 1.807) is 0 Å². The number of rotatable bonds is 3. The lowest BCUT2D eigenvalue weighted by Crippen LogP contribution is -2.78. The van der Waals surface area contributed by atoms with Gasteiger partial charge in [0.2, 0.25) is 6.79 Å². The molecule has 148 valence electrons. The quantitative estimate of drug-likeness (QED) is 0.804. The van der Waals surface area contributed by atoms with Gasteiger partial charge in [-0.05, 0) is 81.1 Å². The zero-order valence-corrected chi connectivity index (χ0v) is 16.7. The number of hydrogen-bond acceptors (Lipinski definition) is 4. The molecule has 4 unspecified atom stereocenters. The summed E-state index contributed by atoms with van der Waals surface area (Å²) in [5, 5.41) is 4.51. The normalized spacial score (nSPS) is 43.9. The van der Waals surface area contributed by atoms with Crippen molar-refractivity contribution < 1.29 is 14.3 Å². The average Bonchev–Trinajstić information content (AvgIpc) is 3.30. The monoisotopic (exact) mass is 380 g/mol. The van der Waals surface area contributed by atoms with E-state index >= 15 is 0 Å². The number of ether oxygens (including phenoxy) is 2. The van der Waals surface area contributed by atoms with Crippen LogP contribution in [0.15, 0.2) is 18.2 Å². The van der Waals surface area contributed by atoms with Crippen molar-refractivity contribution in [2.24, 2.45) is 29.1 Å². The second-order valence-corrected chi connectivity index (χ2v) is 10.7. The molecule has 1 saturated heterocycles. The van der Waals surface area contributed by atoms with Crippen molar-refractivity contribution in [1.29, 1.82) is 0 Å². The van der Waals surface area contributed by atoms with Crippen LogP contribution < -0.4 is 9.47 Å². The molecule has 1 amide bonds. The molecular formula is C23H28N2O3. The first-order valence-electron chi connectivity index (χ1n) is 11.0. The third kappa shape index (κ3) is 1.68. The molecule has 0 radical (unpaired) electrons. The Morgan fingerprint density at radius 1 is 1.07 bits per heavy atom. The topological polar surface area (TPSA) is 42.0 Å². The van der Waals surface area contributed by atoms with E-state index in [0.29, 0.717) is 35.7 Å². The van der Waals surface area contributed by atoms with Crippen LogP contribution in [0, 0.1) is 29.1 Å². The number of fused-ring (bicyclic) bond motifs is 3. The van der Waals surface area contributed by atoms with Crippen LogP contribution in [0.1, 0.15) is 51.5 Å². The van der Waals surface area contributed by atoms with Gasteiger partial charge in [-0.3, -0.25) is 9.80 Å². The van der Waals surface area contributed by atoms with Crippen molar-refractivity contribution in [3.05, 3.63) is 23.8 Å². The highest BCUT2D eigenvalue weighted by Gasteiger charge is 2.72. The summed E-state index contributed by atoms with van der Waals surface area (Å²) in [4.78, 5) is 13.3. The first kappa shape index (κ1) is 16.1. The Hall–Kier alpha value is -1.75. The first-order valence-corrected chi connectivity index (χ1v) is 11.0. The van der Waals surface area contributed by atoms with E-state index in [1.807, 2.05) is 12.1 Å². The molecule has 1 aromatic carbocycles. The van der Waals surface area contributed by atoms with Crippen LogP contribution >= 0.6 is 0 Å². The molecule has 4 saturated carbocycles. The number of para-hydroxylation sites is 1. The largest absolute Gasteiger partial charge is 0.454 e. The maximum absolute atomic E-state index is 13.3. The minimum atomic E-state index is -0.448. The highest BCUT2D eigenvalue weighted by Crippen LogP contribution is 2.76. The van der Waals surface area contributed by atoms with Gasteiger partial charge >= 0.3 is 0 Å². The molecule has 7 rings (SSSR count). The molecular weight excluding hydrogens is 352 g/mol. The van der Waals surface area contributed by atoms with Crippen LogP contribution in [0.25, 0.3) is 0 Å². The van der Waals surface area contributed by atoms with Gasteiger partial charge in [0, 0.05) is 12.1 Å². The van der Waals surface area contributed by atoms with E-state index in [-0.39, 0.29) is 6.79 Å². The predicted molar refractivity (Wildman–Crippen MR) is 102 cm³/mol. The average molecular weight is 380 g/mol. The number of nitrogens with zero attached hydrogens (tertiary/aromatic N) is 2. The lowest BCUT2D eigenvalue weighted by molar-refractivity contribution is -0.240. The number of benzene rings is 1. The highest BCUT2D eigenvalue weighted by atomic mass is 16.7. The van der Waals surface area contributed by atoms with Crippen LogP contribution in [-0.4, -0.2) is 34.3 Å². The summed E-state index contributed by atoms with van der Waals surface area (Å²) in [6.45, 7) is 5.13. The van der Waals surface area contributed by atoms with E-state index in [9.17, 15) is 4.79 Å². The van der Waals surface area contributed by atoms with Gasteiger partial charge < -0.3 is 9.47 Å². The Balaban J connectivity index is 1.23. The summed E-state index contributed by atoms with van der Waals surface area (Å²) in [5.41, 5.74) is 1.36. The maximum Gasteiger partial charge on any atom is 0.258 e. The molecule has 1 spiro atoms. The van der Waals surface area contributed by atoms with Gasteiger partial charge in [0.05, 0.1) is 6.04 Å². The predicted octanol–water partition coefficient (Wildman–Crippen LogP) is 3.58. The van der Waals surface area contributed by atoms with Gasteiger partial charge in [0.25, 0.3) is 5.91 Å². The van der Waals surface area contributed by atoms with E-state index in [4.69, 9.17) is 9.47 Å². The molecule has 4 aliphatic carbocycles. The third-order valence-corrected chi connectivity index (χ3v) is 9.34. The fourth-order valence-corrected chi connectivity index (χ4v) is 8.15. The third-order valence-electron chi connectivity index (χ3n) is 9.34. The van der Waals surface area contributed by atoms with Gasteiger partial charge in [-0.15, -0.1) is 0 Å². The lowest BCUT2D eigenvalue weighted by Gasteiger charge is -2.61. The molecule has 4 atom stereocenters. The molecule has 3 bridgehead atoms. The van der Waals surface area contributed by atoms with E-state index in [2.05, 4.69) is 29.9 Å². The number of carbonyl (C=O) groups excluding carboxylic acids is 1. The maximum atomic E-state index is 13.3. The molecule has 28 heavy (non-hydrogen) atoms. The Bertz CT molecular complexity index is 872. The minimum absolute atomic E-state index is 0.288. The van der Waals surface area contributed by atoms with Gasteiger partial charge in [-0.25, -0.2) is 0 Å². The summed E-state index contributed by atoms with van der Waals surface area (Å²) >= 11 is 0. The Morgan fingerprint density at radius 2 is 1.82 bits per heavy atom. The molecule has 6 aliphatic rings. The van der Waals surface area contributed by atoms with Gasteiger partial charge in [0.1, 0.15) is 5.54 Å². The second-order valence-electron chi connectivity index (χ2n) is 10.7. The van der Waals surface area contributed by atoms with Crippen LogP contribution in [0.3, 0.4) is 0 Å². The Morgan fingerprint density at radius 3 is 2.57 bits per heavy atom. The highest BCUT2D eigenvalue weighted by molar-refractivity contribution is 5.90. The standard InChI is InChI=1S/C23H28N2O3/c1-22(2)21(26)25(24(22)11-13-4-3-5-18-20(13)28-12-27-18)19-14-6-16-8-17-7-15(19)10-23(16,17)9-14/h3-5,14-17,19H,6-12H2,1-2H3. The zero-order valence-electron chi connectivity index (χ0n) is 16.7. The molecule has 1 aromatic rings. The minimum Gasteiger partial charge on any atom is -0.454 e. The molecule has 2 aliphatic heterocycles. The van der Waals surface area contributed by atoms with Crippen LogP contribution in [0.2, 0.25) is 0 Å². The summed E-state index contributed by atoms with van der Waals surface area (Å²) in [7, 11) is 0. The SMILES string of the molecule is CC1(C)C(=O)N(C2C3CC4CC5CC2CC45C3)N1Cc1cccc2c1OCO2. The fourth-order valence-electron chi connectivity index (χ4n) is 8.15. The van der Waals surface area contributed by atoms with Crippen LogP contribution in [-0.2, 0) is 11.3 Å². The van der Waals surface area contributed by atoms with E-state index < -0.39 is 5.54 Å². The Labute approximate surface area is 165 Å². The van der Waals surface area contributed by atoms with Crippen molar-refractivity contribution >= 4 is 5.91 Å². The molecule has 0 N–H and O–H groups in total. The molecule has 5 nitrogen and oxygen atoms in total. The van der Waals surface area contributed by atoms with Crippen molar-refractivity contribution in [3.8, 4) is 11.5 Å². The van der Waals surface area contributed by atoms with Crippen LogP contribution in [0.5, 0.6) is 11.5 Å². The molecule has 0 aromatic heterocycles.